The topological polar surface area (TPSA) is 50.4 Å². The Balaban J connectivity index is 2.02. The third-order valence-electron chi connectivity index (χ3n) is 3.03. The van der Waals surface area contributed by atoms with Gasteiger partial charge in [-0.3, -0.25) is 0 Å². The van der Waals surface area contributed by atoms with Crippen LogP contribution in [0.5, 0.6) is 5.75 Å². The summed E-state index contributed by atoms with van der Waals surface area (Å²) >= 11 is 0. The van der Waals surface area contributed by atoms with E-state index in [1.807, 2.05) is 57.2 Å². The predicted molar refractivity (Wildman–Crippen MR) is 86.2 cm³/mol. The predicted octanol–water partition coefficient (Wildman–Crippen LogP) is 4.35. The first-order chi connectivity index (χ1) is 10.1. The van der Waals surface area contributed by atoms with Gasteiger partial charge in [0.1, 0.15) is 5.75 Å². The zero-order chi connectivity index (χ0) is 15.2. The summed E-state index contributed by atoms with van der Waals surface area (Å²) in [7, 11) is 0. The highest BCUT2D eigenvalue weighted by atomic mass is 16.5. The second-order valence-corrected chi connectivity index (χ2v) is 4.86. The first kappa shape index (κ1) is 14.9. The molecule has 0 unspecified atom stereocenters. The molecule has 0 aliphatic carbocycles. The zero-order valence-corrected chi connectivity index (χ0v) is 12.6. The highest BCUT2D eigenvalue weighted by Gasteiger charge is 2.05. The van der Waals surface area contributed by atoms with Crippen LogP contribution in [-0.2, 0) is 0 Å². The zero-order valence-electron chi connectivity index (χ0n) is 12.6. The maximum Gasteiger partial charge on any atom is 0.323 e. The van der Waals surface area contributed by atoms with E-state index in [9.17, 15) is 4.79 Å². The Bertz CT molecular complexity index is 638. The van der Waals surface area contributed by atoms with Crippen molar-refractivity contribution in [2.45, 2.75) is 20.8 Å². The average Bonchev–Trinajstić information content (AvgIpc) is 2.43. The van der Waals surface area contributed by atoms with Gasteiger partial charge in [0, 0.05) is 17.4 Å². The van der Waals surface area contributed by atoms with Crippen LogP contribution in [0.2, 0.25) is 0 Å². The van der Waals surface area contributed by atoms with E-state index in [2.05, 4.69) is 10.6 Å². The van der Waals surface area contributed by atoms with Crippen molar-refractivity contribution in [2.75, 3.05) is 17.2 Å². The molecule has 0 bridgehead atoms. The lowest BCUT2D eigenvalue weighted by atomic mass is 10.1. The Hall–Kier alpha value is -2.49. The first-order valence-electron chi connectivity index (χ1n) is 6.96. The minimum Gasteiger partial charge on any atom is -0.494 e. The summed E-state index contributed by atoms with van der Waals surface area (Å²) in [5.74, 6) is 0.738. The number of hydrogen-bond acceptors (Lipinski definition) is 2. The molecule has 0 heterocycles. The molecule has 0 radical (unpaired) electrons. The molecule has 110 valence electrons. The quantitative estimate of drug-likeness (QED) is 0.877. The molecule has 2 N–H and O–H groups in total. The van der Waals surface area contributed by atoms with Gasteiger partial charge in [-0.15, -0.1) is 0 Å². The number of anilines is 2. The Morgan fingerprint density at radius 3 is 2.62 bits per heavy atom. The SMILES string of the molecule is CCOc1cccc(NC(=O)Nc2ccc(C)cc2C)c1. The summed E-state index contributed by atoms with van der Waals surface area (Å²) in [5.41, 5.74) is 3.71. The fourth-order valence-corrected chi connectivity index (χ4v) is 2.07. The maximum absolute atomic E-state index is 12.0. The lowest BCUT2D eigenvalue weighted by Gasteiger charge is -2.11. The summed E-state index contributed by atoms with van der Waals surface area (Å²) < 4.78 is 5.41. The van der Waals surface area contributed by atoms with E-state index in [0.29, 0.717) is 12.3 Å². The van der Waals surface area contributed by atoms with E-state index >= 15 is 0 Å². The third-order valence-corrected chi connectivity index (χ3v) is 3.03. The molecule has 0 saturated carbocycles. The molecule has 4 heteroatoms. The number of amides is 2. The van der Waals surface area contributed by atoms with Gasteiger partial charge in [0.25, 0.3) is 0 Å². The molecule has 0 spiro atoms. The number of hydrogen-bond donors (Lipinski definition) is 2. The number of carbonyl (C=O) groups is 1. The van der Waals surface area contributed by atoms with E-state index in [-0.39, 0.29) is 6.03 Å². The van der Waals surface area contributed by atoms with Crippen LogP contribution in [0.3, 0.4) is 0 Å². The molecule has 2 amide bonds. The fourth-order valence-electron chi connectivity index (χ4n) is 2.07. The minimum atomic E-state index is -0.268. The maximum atomic E-state index is 12.0. The fraction of sp³-hybridized carbons (Fsp3) is 0.235. The normalized spacial score (nSPS) is 10.0. The number of nitrogens with one attached hydrogen (secondary N) is 2. The van der Waals surface area contributed by atoms with E-state index in [1.54, 1.807) is 6.07 Å². The van der Waals surface area contributed by atoms with Crippen LogP contribution in [0.1, 0.15) is 18.1 Å². The van der Waals surface area contributed by atoms with Crippen molar-refractivity contribution in [1.29, 1.82) is 0 Å². The smallest absolute Gasteiger partial charge is 0.323 e. The van der Waals surface area contributed by atoms with Crippen LogP contribution in [0.4, 0.5) is 16.2 Å². The molecule has 0 atom stereocenters. The van der Waals surface area contributed by atoms with Crippen molar-refractivity contribution in [2.24, 2.45) is 0 Å². The molecule has 4 nitrogen and oxygen atoms in total. The molecule has 0 aliphatic rings. The van der Waals surface area contributed by atoms with Gasteiger partial charge < -0.3 is 15.4 Å². The number of carbonyl (C=O) groups excluding carboxylic acids is 1. The Labute approximate surface area is 125 Å². The molecule has 2 rings (SSSR count). The molecule has 2 aromatic carbocycles. The Morgan fingerprint density at radius 1 is 1.10 bits per heavy atom. The summed E-state index contributed by atoms with van der Waals surface area (Å²) in [4.78, 5) is 12.0. The number of urea groups is 1. The molecule has 0 saturated heterocycles. The monoisotopic (exact) mass is 284 g/mol. The Morgan fingerprint density at radius 2 is 1.90 bits per heavy atom. The van der Waals surface area contributed by atoms with Gasteiger partial charge in [-0.25, -0.2) is 4.79 Å². The second kappa shape index (κ2) is 6.79. The summed E-state index contributed by atoms with van der Waals surface area (Å²) in [5, 5.41) is 5.65. The van der Waals surface area contributed by atoms with Crippen LogP contribution < -0.4 is 15.4 Å². The number of benzene rings is 2. The summed E-state index contributed by atoms with van der Waals surface area (Å²) in [6, 6.07) is 13.0. The van der Waals surface area contributed by atoms with Crippen LogP contribution in [-0.4, -0.2) is 12.6 Å². The van der Waals surface area contributed by atoms with Crippen molar-refractivity contribution in [3.8, 4) is 5.75 Å². The molecular formula is C17H20N2O2. The van der Waals surface area contributed by atoms with Crippen LogP contribution in [0, 0.1) is 13.8 Å². The molecule has 0 aromatic heterocycles. The van der Waals surface area contributed by atoms with Gasteiger partial charge in [-0.2, -0.15) is 0 Å². The lowest BCUT2D eigenvalue weighted by molar-refractivity contribution is 0.262. The minimum absolute atomic E-state index is 0.268. The molecule has 0 aliphatic heterocycles. The molecule has 2 aromatic rings. The van der Waals surface area contributed by atoms with Gasteiger partial charge in [-0.1, -0.05) is 23.8 Å². The van der Waals surface area contributed by atoms with Gasteiger partial charge >= 0.3 is 6.03 Å². The van der Waals surface area contributed by atoms with Crippen molar-refractivity contribution in [3.63, 3.8) is 0 Å². The molecule has 21 heavy (non-hydrogen) atoms. The van der Waals surface area contributed by atoms with E-state index in [4.69, 9.17) is 4.74 Å². The van der Waals surface area contributed by atoms with Gasteiger partial charge in [0.2, 0.25) is 0 Å². The van der Waals surface area contributed by atoms with Crippen LogP contribution in [0.25, 0.3) is 0 Å². The summed E-state index contributed by atoms with van der Waals surface area (Å²) in [6.07, 6.45) is 0. The first-order valence-corrected chi connectivity index (χ1v) is 6.96. The van der Waals surface area contributed by atoms with E-state index in [1.165, 1.54) is 5.56 Å². The number of rotatable bonds is 4. The highest BCUT2D eigenvalue weighted by Crippen LogP contribution is 2.19. The lowest BCUT2D eigenvalue weighted by Crippen LogP contribution is -2.20. The standard InChI is InChI=1S/C17H20N2O2/c1-4-21-15-7-5-6-14(11-15)18-17(20)19-16-9-8-12(2)10-13(16)3/h5-11H,4H2,1-3H3,(H2,18,19,20). The van der Waals surface area contributed by atoms with Gasteiger partial charge in [0.05, 0.1) is 6.61 Å². The van der Waals surface area contributed by atoms with Crippen molar-refractivity contribution >= 4 is 17.4 Å². The van der Waals surface area contributed by atoms with Gasteiger partial charge in [-0.05, 0) is 44.5 Å². The highest BCUT2D eigenvalue weighted by molar-refractivity contribution is 6.00. The number of ether oxygens (including phenoxy) is 1. The van der Waals surface area contributed by atoms with Crippen LogP contribution in [0.15, 0.2) is 42.5 Å². The Kier molecular flexibility index (Phi) is 4.82. The van der Waals surface area contributed by atoms with E-state index < -0.39 is 0 Å². The second-order valence-electron chi connectivity index (χ2n) is 4.86. The average molecular weight is 284 g/mol. The third kappa shape index (κ3) is 4.24. The van der Waals surface area contributed by atoms with E-state index in [0.717, 1.165) is 17.0 Å². The van der Waals surface area contributed by atoms with Gasteiger partial charge in [0.15, 0.2) is 0 Å². The van der Waals surface area contributed by atoms with Crippen molar-refractivity contribution in [3.05, 3.63) is 53.6 Å². The summed E-state index contributed by atoms with van der Waals surface area (Å²) in [6.45, 7) is 6.51. The number of aryl methyl sites for hydroxylation is 2. The van der Waals surface area contributed by atoms with Crippen LogP contribution >= 0.6 is 0 Å². The van der Waals surface area contributed by atoms with Crippen molar-refractivity contribution < 1.29 is 9.53 Å². The molecule has 0 fully saturated rings. The van der Waals surface area contributed by atoms with Crippen molar-refractivity contribution in [1.82, 2.24) is 0 Å². The largest absolute Gasteiger partial charge is 0.494 e. The molecular weight excluding hydrogens is 264 g/mol.